The van der Waals surface area contributed by atoms with Crippen molar-refractivity contribution in [3.63, 3.8) is 0 Å². The smallest absolute Gasteiger partial charge is 0.271 e. The summed E-state index contributed by atoms with van der Waals surface area (Å²) in [6.45, 7) is 5.77. The molecule has 4 rings (SSSR count). The summed E-state index contributed by atoms with van der Waals surface area (Å²) in [6, 6.07) is 9.12. The van der Waals surface area contributed by atoms with Crippen LogP contribution in [-0.2, 0) is 4.74 Å². The minimum absolute atomic E-state index is 0.177. The highest BCUT2D eigenvalue weighted by Crippen LogP contribution is 2.19. The van der Waals surface area contributed by atoms with Crippen LogP contribution < -0.4 is 15.8 Å². The van der Waals surface area contributed by atoms with Gasteiger partial charge in [0.25, 0.3) is 11.5 Å². The van der Waals surface area contributed by atoms with Crippen molar-refractivity contribution in [2.24, 2.45) is 4.99 Å². The lowest BCUT2D eigenvalue weighted by molar-refractivity contribution is 0.102. The Labute approximate surface area is 192 Å². The van der Waals surface area contributed by atoms with Gasteiger partial charge in [-0.1, -0.05) is 0 Å². The van der Waals surface area contributed by atoms with Crippen LogP contribution in [0.3, 0.4) is 0 Å². The van der Waals surface area contributed by atoms with Crippen molar-refractivity contribution < 1.29 is 9.53 Å². The Balaban J connectivity index is 1.38. The van der Waals surface area contributed by atoms with E-state index in [1.165, 1.54) is 0 Å². The number of ether oxygens (including phenoxy) is 1. The van der Waals surface area contributed by atoms with Gasteiger partial charge in [0.15, 0.2) is 0 Å². The summed E-state index contributed by atoms with van der Waals surface area (Å²) < 4.78 is 5.13. The lowest BCUT2D eigenvalue weighted by Crippen LogP contribution is -2.46. The zero-order chi connectivity index (χ0) is 23.0. The number of aromatic amines is 1. The summed E-state index contributed by atoms with van der Waals surface area (Å²) in [7, 11) is 1.73. The first kappa shape index (κ1) is 22.5. The van der Waals surface area contributed by atoms with Crippen molar-refractivity contribution in [2.45, 2.75) is 6.42 Å². The molecular weight excluding hydrogens is 418 g/mol. The van der Waals surface area contributed by atoms with Gasteiger partial charge in [-0.05, 0) is 48.6 Å². The molecule has 33 heavy (non-hydrogen) atoms. The molecule has 0 atom stereocenters. The number of piperazine rings is 1. The van der Waals surface area contributed by atoms with Crippen molar-refractivity contribution in [3.05, 3.63) is 76.0 Å². The molecule has 1 saturated heterocycles. The van der Waals surface area contributed by atoms with E-state index in [1.54, 1.807) is 43.8 Å². The fourth-order valence-corrected chi connectivity index (χ4v) is 3.86. The molecule has 1 amide bonds. The van der Waals surface area contributed by atoms with E-state index in [0.29, 0.717) is 11.1 Å². The van der Waals surface area contributed by atoms with Crippen molar-refractivity contribution >= 4 is 28.7 Å². The first-order valence-corrected chi connectivity index (χ1v) is 11.0. The number of hydrogen-bond donors (Lipinski definition) is 2. The monoisotopic (exact) mass is 445 g/mol. The van der Waals surface area contributed by atoms with Crippen LogP contribution in [0.4, 0.5) is 11.4 Å². The Hall–Kier alpha value is -3.67. The minimum atomic E-state index is -0.370. The molecular formula is C25H27N5O3. The number of methoxy groups -OCH3 is 1. The lowest BCUT2D eigenvalue weighted by atomic mass is 10.1. The third-order valence-corrected chi connectivity index (χ3v) is 5.72. The molecule has 1 aromatic carbocycles. The number of carbonyl (C=O) groups is 1. The maximum Gasteiger partial charge on any atom is 0.271 e. The van der Waals surface area contributed by atoms with E-state index in [0.717, 1.165) is 57.0 Å². The highest BCUT2D eigenvalue weighted by Gasteiger charge is 2.17. The second-order valence-corrected chi connectivity index (χ2v) is 7.90. The largest absolute Gasteiger partial charge is 0.385 e. The summed E-state index contributed by atoms with van der Waals surface area (Å²) in [5, 5.41) is 2.71. The Morgan fingerprint density at radius 3 is 2.70 bits per heavy atom. The molecule has 1 fully saturated rings. The number of rotatable bonds is 8. The molecule has 0 saturated carbocycles. The van der Waals surface area contributed by atoms with Gasteiger partial charge in [-0.3, -0.25) is 14.5 Å². The van der Waals surface area contributed by atoms with Crippen LogP contribution in [0.15, 0.2) is 64.3 Å². The summed E-state index contributed by atoms with van der Waals surface area (Å²) in [4.78, 5) is 36.2. The van der Waals surface area contributed by atoms with Gasteiger partial charge in [-0.2, -0.15) is 0 Å². The molecule has 8 nitrogen and oxygen atoms in total. The number of anilines is 2. The van der Waals surface area contributed by atoms with E-state index in [-0.39, 0.29) is 17.2 Å². The Kier molecular flexibility index (Phi) is 7.35. The molecule has 2 aromatic rings. The second-order valence-electron chi connectivity index (χ2n) is 7.90. The summed E-state index contributed by atoms with van der Waals surface area (Å²) in [6.07, 6.45) is 5.97. The van der Waals surface area contributed by atoms with Crippen LogP contribution in [0.25, 0.3) is 5.57 Å². The maximum atomic E-state index is 12.8. The van der Waals surface area contributed by atoms with Crippen molar-refractivity contribution in [3.8, 4) is 0 Å². The molecule has 0 radical (unpaired) electrons. The fourth-order valence-electron chi connectivity index (χ4n) is 3.86. The lowest BCUT2D eigenvalue weighted by Gasteiger charge is -2.36. The molecule has 2 N–H and O–H groups in total. The van der Waals surface area contributed by atoms with Gasteiger partial charge >= 0.3 is 0 Å². The molecule has 8 heteroatoms. The third kappa shape index (κ3) is 5.77. The zero-order valence-electron chi connectivity index (χ0n) is 18.6. The summed E-state index contributed by atoms with van der Waals surface area (Å²) in [5.74, 6) is 2.30. The summed E-state index contributed by atoms with van der Waals surface area (Å²) in [5.41, 5.74) is 5.70. The summed E-state index contributed by atoms with van der Waals surface area (Å²) >= 11 is 0. The van der Waals surface area contributed by atoms with Crippen LogP contribution in [-0.4, -0.2) is 68.1 Å². The number of carbonyl (C=O) groups excluding carboxylic acids is 1. The minimum Gasteiger partial charge on any atom is -0.385 e. The van der Waals surface area contributed by atoms with Gasteiger partial charge < -0.3 is 19.9 Å². The van der Waals surface area contributed by atoms with E-state index in [4.69, 9.17) is 4.74 Å². The predicted molar refractivity (Wildman–Crippen MR) is 130 cm³/mol. The van der Waals surface area contributed by atoms with E-state index in [2.05, 4.69) is 36.7 Å². The Morgan fingerprint density at radius 2 is 2.00 bits per heavy atom. The average Bonchev–Trinajstić information content (AvgIpc) is 2.86. The number of aromatic nitrogens is 1. The molecule has 2 aliphatic heterocycles. The molecule has 170 valence electrons. The number of nitrogens with one attached hydrogen (secondary N) is 2. The van der Waals surface area contributed by atoms with E-state index >= 15 is 0 Å². The van der Waals surface area contributed by atoms with Gasteiger partial charge in [0.05, 0.1) is 0 Å². The second kappa shape index (κ2) is 10.8. The van der Waals surface area contributed by atoms with Crippen molar-refractivity contribution in [1.29, 1.82) is 0 Å². The van der Waals surface area contributed by atoms with Gasteiger partial charge in [-0.15, -0.1) is 0 Å². The van der Waals surface area contributed by atoms with Crippen LogP contribution in [0.5, 0.6) is 0 Å². The van der Waals surface area contributed by atoms with Crippen LogP contribution in [0, 0.1) is 0 Å². The van der Waals surface area contributed by atoms with E-state index < -0.39 is 0 Å². The first-order chi connectivity index (χ1) is 16.1. The normalized spacial score (nSPS) is 15.5. The number of hydrogen-bond acceptors (Lipinski definition) is 6. The average molecular weight is 446 g/mol. The standard InChI is InChI=1S/C25H27N5O3/c1-33-16-2-11-29-12-14-30(15-13-29)22-5-3-20(4-6-22)24(31)28-23-17-21(18-27-25(23)32)19-7-9-26-10-8-19/h3-7,9,17-18H,2,11-16H2,1H3,(H,27,32)(H,28,31). The zero-order valence-corrected chi connectivity index (χ0v) is 18.6. The van der Waals surface area contributed by atoms with Gasteiger partial charge in [-0.25, -0.2) is 4.99 Å². The Bertz CT molecular complexity index is 1180. The van der Waals surface area contributed by atoms with E-state index in [1.807, 2.05) is 12.1 Å². The molecule has 0 unspecified atom stereocenters. The SMILES string of the molecule is COCCCN1CCN(c2ccc(C(=O)Nc3cc(C4=C=C=NC=C4)c[nH]c3=O)cc2)CC1. The quantitative estimate of drug-likeness (QED) is 0.481. The van der Waals surface area contributed by atoms with Crippen LogP contribution in [0.2, 0.25) is 0 Å². The molecule has 3 heterocycles. The number of amides is 1. The number of aliphatic imine (C=N–C) groups is 1. The van der Waals surface area contributed by atoms with Gasteiger partial charge in [0.1, 0.15) is 5.69 Å². The van der Waals surface area contributed by atoms with Crippen molar-refractivity contribution in [2.75, 3.05) is 56.7 Å². The maximum absolute atomic E-state index is 12.8. The highest BCUT2D eigenvalue weighted by molar-refractivity contribution is 6.04. The van der Waals surface area contributed by atoms with Gasteiger partial charge in [0, 0.05) is 87.1 Å². The third-order valence-electron chi connectivity index (χ3n) is 5.72. The number of benzene rings is 1. The topological polar surface area (TPSA) is 90.0 Å². The number of allylic oxidation sites excluding steroid dienone is 2. The number of pyridine rings is 1. The molecule has 0 aliphatic carbocycles. The molecule has 0 spiro atoms. The first-order valence-electron chi connectivity index (χ1n) is 11.0. The fraction of sp³-hybridized carbons (Fsp3) is 0.320. The van der Waals surface area contributed by atoms with Gasteiger partial charge in [0.2, 0.25) is 0 Å². The van der Waals surface area contributed by atoms with Crippen LogP contribution in [0.1, 0.15) is 22.3 Å². The molecule has 1 aromatic heterocycles. The van der Waals surface area contributed by atoms with Crippen LogP contribution >= 0.6 is 0 Å². The molecule has 2 aliphatic rings. The van der Waals surface area contributed by atoms with Crippen molar-refractivity contribution in [1.82, 2.24) is 9.88 Å². The number of H-pyrrole nitrogens is 1. The van der Waals surface area contributed by atoms with E-state index in [9.17, 15) is 9.59 Å². The number of nitrogens with zero attached hydrogens (tertiary/aromatic N) is 3. The predicted octanol–water partition coefficient (Wildman–Crippen LogP) is 2.52. The molecule has 0 bridgehead atoms. The highest BCUT2D eigenvalue weighted by atomic mass is 16.5. The Morgan fingerprint density at radius 1 is 1.21 bits per heavy atom.